The Morgan fingerprint density at radius 1 is 1.47 bits per heavy atom. The largest absolute Gasteiger partial charge is 0.347 e. The molecule has 2 rings (SSSR count). The molecule has 1 N–H and O–H groups in total. The van der Waals surface area contributed by atoms with Crippen LogP contribution in [0, 0.1) is 0 Å². The van der Waals surface area contributed by atoms with E-state index >= 15 is 0 Å². The molecule has 0 fully saturated rings. The van der Waals surface area contributed by atoms with Gasteiger partial charge in [0.15, 0.2) is 0 Å². The lowest BCUT2D eigenvalue weighted by atomic mass is 10.2. The highest BCUT2D eigenvalue weighted by Gasteiger charge is 2.06. The number of amides is 1. The molecular formula is C14H16BrN3O. The first-order valence-corrected chi connectivity index (χ1v) is 6.97. The number of nitrogens with one attached hydrogen (secondary N) is 1. The number of rotatable bonds is 4. The number of carbonyl (C=O) groups excluding carboxylic acids is 1. The van der Waals surface area contributed by atoms with Gasteiger partial charge in [-0.2, -0.15) is 0 Å². The average molecular weight is 322 g/mol. The molecule has 2 heterocycles. The summed E-state index contributed by atoms with van der Waals surface area (Å²) in [6, 6.07) is 3.87. The van der Waals surface area contributed by atoms with Crippen LogP contribution in [0.5, 0.6) is 0 Å². The third kappa shape index (κ3) is 3.44. The number of pyridine rings is 1. The second kappa shape index (κ2) is 6.02. The number of aromatic nitrogens is 2. The standard InChI is InChI=1S/C14H16BrN3O/c1-3-4-10(2)14(19)16-7-12-9-18-8-11(15)5-6-13(18)17-12/h4-6,8-9H,3,7H2,1-2H3,(H,16,19)/b10-4-. The number of fused-ring (bicyclic) bond motifs is 1. The van der Waals surface area contributed by atoms with E-state index in [-0.39, 0.29) is 5.91 Å². The van der Waals surface area contributed by atoms with Gasteiger partial charge in [0.2, 0.25) is 5.91 Å². The van der Waals surface area contributed by atoms with Gasteiger partial charge in [-0.1, -0.05) is 13.0 Å². The zero-order valence-corrected chi connectivity index (χ0v) is 12.6. The molecule has 0 unspecified atom stereocenters. The van der Waals surface area contributed by atoms with Crippen molar-refractivity contribution >= 4 is 27.5 Å². The average Bonchev–Trinajstić information content (AvgIpc) is 2.78. The van der Waals surface area contributed by atoms with Crippen molar-refractivity contribution in [2.24, 2.45) is 0 Å². The Morgan fingerprint density at radius 2 is 2.26 bits per heavy atom. The van der Waals surface area contributed by atoms with E-state index in [1.54, 1.807) is 0 Å². The minimum absolute atomic E-state index is 0.0416. The van der Waals surface area contributed by atoms with Gasteiger partial charge < -0.3 is 9.72 Å². The van der Waals surface area contributed by atoms with E-state index in [4.69, 9.17) is 0 Å². The summed E-state index contributed by atoms with van der Waals surface area (Å²) in [4.78, 5) is 16.2. The molecule has 0 aliphatic carbocycles. The fourth-order valence-electron chi connectivity index (χ4n) is 1.81. The van der Waals surface area contributed by atoms with Crippen molar-refractivity contribution in [2.75, 3.05) is 0 Å². The molecule has 19 heavy (non-hydrogen) atoms. The smallest absolute Gasteiger partial charge is 0.246 e. The van der Waals surface area contributed by atoms with E-state index in [1.807, 2.05) is 48.9 Å². The highest BCUT2D eigenvalue weighted by atomic mass is 79.9. The molecule has 5 heteroatoms. The lowest BCUT2D eigenvalue weighted by molar-refractivity contribution is -0.117. The highest BCUT2D eigenvalue weighted by molar-refractivity contribution is 9.10. The van der Waals surface area contributed by atoms with Crippen LogP contribution in [0.1, 0.15) is 26.0 Å². The van der Waals surface area contributed by atoms with Crippen LogP contribution in [0.2, 0.25) is 0 Å². The number of carbonyl (C=O) groups is 1. The molecular weight excluding hydrogens is 306 g/mol. The summed E-state index contributed by atoms with van der Waals surface area (Å²) < 4.78 is 2.93. The summed E-state index contributed by atoms with van der Waals surface area (Å²) >= 11 is 3.41. The van der Waals surface area contributed by atoms with Crippen molar-refractivity contribution < 1.29 is 4.79 Å². The van der Waals surface area contributed by atoms with E-state index in [0.29, 0.717) is 6.54 Å². The van der Waals surface area contributed by atoms with E-state index in [1.165, 1.54) is 0 Å². The lowest BCUT2D eigenvalue weighted by Crippen LogP contribution is -2.23. The highest BCUT2D eigenvalue weighted by Crippen LogP contribution is 2.12. The molecule has 0 bridgehead atoms. The first-order chi connectivity index (χ1) is 9.10. The van der Waals surface area contributed by atoms with Crippen LogP contribution in [-0.4, -0.2) is 15.3 Å². The summed E-state index contributed by atoms with van der Waals surface area (Å²) in [5, 5.41) is 2.86. The van der Waals surface area contributed by atoms with Crippen LogP contribution in [0.3, 0.4) is 0 Å². The molecule has 0 saturated heterocycles. The third-order valence-electron chi connectivity index (χ3n) is 2.76. The first kappa shape index (κ1) is 13.8. The molecule has 0 spiro atoms. The Morgan fingerprint density at radius 3 is 3.00 bits per heavy atom. The van der Waals surface area contributed by atoms with E-state index < -0.39 is 0 Å². The second-order valence-electron chi connectivity index (χ2n) is 4.32. The molecule has 100 valence electrons. The van der Waals surface area contributed by atoms with Crippen LogP contribution in [0.25, 0.3) is 5.65 Å². The zero-order chi connectivity index (χ0) is 13.8. The minimum atomic E-state index is -0.0416. The van der Waals surface area contributed by atoms with Gasteiger partial charge in [0.1, 0.15) is 5.65 Å². The predicted molar refractivity (Wildman–Crippen MR) is 78.8 cm³/mol. The predicted octanol–water partition coefficient (Wildman–Crippen LogP) is 3.07. The van der Waals surface area contributed by atoms with Gasteiger partial charge >= 0.3 is 0 Å². The Labute approximate surface area is 120 Å². The van der Waals surface area contributed by atoms with E-state index in [0.717, 1.165) is 27.8 Å². The molecule has 0 aromatic carbocycles. The van der Waals surface area contributed by atoms with Gasteiger partial charge in [-0.05, 0) is 41.4 Å². The van der Waals surface area contributed by atoms with Crippen molar-refractivity contribution in [3.8, 4) is 0 Å². The molecule has 2 aromatic heterocycles. The molecule has 0 atom stereocenters. The maximum atomic E-state index is 11.8. The van der Waals surface area contributed by atoms with Crippen LogP contribution >= 0.6 is 15.9 Å². The zero-order valence-electron chi connectivity index (χ0n) is 11.0. The monoisotopic (exact) mass is 321 g/mol. The van der Waals surface area contributed by atoms with Crippen LogP contribution in [0.4, 0.5) is 0 Å². The normalized spacial score (nSPS) is 11.8. The number of nitrogens with zero attached hydrogens (tertiary/aromatic N) is 2. The second-order valence-corrected chi connectivity index (χ2v) is 5.24. The lowest BCUT2D eigenvalue weighted by Gasteiger charge is -2.02. The molecule has 2 aromatic rings. The van der Waals surface area contributed by atoms with Gasteiger partial charge in [0.25, 0.3) is 0 Å². The van der Waals surface area contributed by atoms with E-state index in [2.05, 4.69) is 26.2 Å². The number of allylic oxidation sites excluding steroid dienone is 1. The number of halogens is 1. The minimum Gasteiger partial charge on any atom is -0.347 e. The van der Waals surface area contributed by atoms with Crippen molar-refractivity contribution in [2.45, 2.75) is 26.8 Å². The fourth-order valence-corrected chi connectivity index (χ4v) is 2.16. The molecule has 0 aliphatic rings. The van der Waals surface area contributed by atoms with E-state index in [9.17, 15) is 4.79 Å². The maximum absolute atomic E-state index is 11.8. The Balaban J connectivity index is 2.06. The quantitative estimate of drug-likeness (QED) is 0.880. The molecule has 0 saturated carbocycles. The van der Waals surface area contributed by atoms with Crippen molar-refractivity contribution in [1.29, 1.82) is 0 Å². The molecule has 0 radical (unpaired) electrons. The van der Waals surface area contributed by atoms with Crippen LogP contribution < -0.4 is 5.32 Å². The Kier molecular flexibility index (Phi) is 4.37. The summed E-state index contributed by atoms with van der Waals surface area (Å²) in [6.45, 7) is 4.27. The molecule has 0 aliphatic heterocycles. The third-order valence-corrected chi connectivity index (χ3v) is 3.23. The Hall–Kier alpha value is -1.62. The summed E-state index contributed by atoms with van der Waals surface area (Å²) in [5.41, 5.74) is 2.46. The van der Waals surface area contributed by atoms with Crippen LogP contribution in [0.15, 0.2) is 40.6 Å². The van der Waals surface area contributed by atoms with Gasteiger partial charge in [0, 0.05) is 22.4 Å². The van der Waals surface area contributed by atoms with Crippen molar-refractivity contribution in [3.63, 3.8) is 0 Å². The summed E-state index contributed by atoms with van der Waals surface area (Å²) in [6.07, 6.45) is 6.63. The fraction of sp³-hybridized carbons (Fsp3) is 0.286. The Bertz CT molecular complexity index is 631. The summed E-state index contributed by atoms with van der Waals surface area (Å²) in [5.74, 6) is -0.0416. The maximum Gasteiger partial charge on any atom is 0.246 e. The first-order valence-electron chi connectivity index (χ1n) is 6.18. The molecule has 4 nitrogen and oxygen atoms in total. The van der Waals surface area contributed by atoms with Crippen molar-refractivity contribution in [3.05, 3.63) is 46.3 Å². The number of hydrogen-bond donors (Lipinski definition) is 1. The number of hydrogen-bond acceptors (Lipinski definition) is 2. The van der Waals surface area contributed by atoms with Gasteiger partial charge in [-0.3, -0.25) is 4.79 Å². The summed E-state index contributed by atoms with van der Waals surface area (Å²) in [7, 11) is 0. The SMILES string of the molecule is CC/C=C(/C)C(=O)NCc1cn2cc(Br)ccc2n1. The number of imidazole rings is 1. The topological polar surface area (TPSA) is 46.4 Å². The van der Waals surface area contributed by atoms with Gasteiger partial charge in [-0.25, -0.2) is 4.98 Å². The molecule has 1 amide bonds. The van der Waals surface area contributed by atoms with Gasteiger partial charge in [-0.15, -0.1) is 0 Å². The van der Waals surface area contributed by atoms with Gasteiger partial charge in [0.05, 0.1) is 12.2 Å². The van der Waals surface area contributed by atoms with Crippen molar-refractivity contribution in [1.82, 2.24) is 14.7 Å². The van der Waals surface area contributed by atoms with Crippen LogP contribution in [-0.2, 0) is 11.3 Å².